The van der Waals surface area contributed by atoms with E-state index in [0.29, 0.717) is 21.9 Å². The number of aryl methyl sites for hydroxylation is 4. The van der Waals surface area contributed by atoms with E-state index in [0.717, 1.165) is 33.8 Å². The van der Waals surface area contributed by atoms with E-state index in [2.05, 4.69) is 4.98 Å². The Bertz CT molecular complexity index is 2450. The quantitative estimate of drug-likeness (QED) is 0.226. The standard InChI is InChI=1S/C35H27NO/c1-20-9-13-26(22(3)15-20)29-17-32(36-19-23(29)4)28-14-10-21(2)34-31-16-25-12-11-24-7-5-6-8-27(24)30(25)18-33(31)37-35(28)34/h5-19H,1-4H3/i1D3,2D3,3D3,4D3. The minimum absolute atomic E-state index is 0.0147. The van der Waals surface area contributed by atoms with Gasteiger partial charge < -0.3 is 4.42 Å². The molecule has 2 heterocycles. The second kappa shape index (κ2) is 8.04. The summed E-state index contributed by atoms with van der Waals surface area (Å²) in [6, 6.07) is 23.7. The van der Waals surface area contributed by atoms with Crippen LogP contribution in [0.5, 0.6) is 0 Å². The van der Waals surface area contributed by atoms with Gasteiger partial charge in [0.1, 0.15) is 11.2 Å². The minimum atomic E-state index is -2.79. The van der Waals surface area contributed by atoms with E-state index >= 15 is 0 Å². The highest BCUT2D eigenvalue weighted by Crippen LogP contribution is 2.41. The molecule has 0 aliphatic carbocycles. The fourth-order valence-corrected chi connectivity index (χ4v) is 5.19. The first-order valence-corrected chi connectivity index (χ1v) is 11.8. The van der Waals surface area contributed by atoms with Gasteiger partial charge in [-0.3, -0.25) is 4.98 Å². The molecule has 0 amide bonds. The molecule has 0 radical (unpaired) electrons. The van der Waals surface area contributed by atoms with Crippen molar-refractivity contribution in [2.45, 2.75) is 27.4 Å². The van der Waals surface area contributed by atoms with Crippen LogP contribution in [0.15, 0.2) is 95.5 Å². The Balaban J connectivity index is 1.54. The van der Waals surface area contributed by atoms with Crippen LogP contribution in [-0.2, 0) is 0 Å². The number of rotatable bonds is 2. The molecule has 0 unspecified atom stereocenters. The van der Waals surface area contributed by atoms with Gasteiger partial charge >= 0.3 is 0 Å². The zero-order valence-corrected chi connectivity index (χ0v) is 19.5. The average Bonchev–Trinajstić information content (AvgIpc) is 3.39. The van der Waals surface area contributed by atoms with Gasteiger partial charge in [-0.15, -0.1) is 0 Å². The Morgan fingerprint density at radius 1 is 0.622 bits per heavy atom. The molecule has 2 heteroatoms. The van der Waals surface area contributed by atoms with Crippen molar-refractivity contribution in [3.8, 4) is 22.4 Å². The molecule has 0 N–H and O–H groups in total. The van der Waals surface area contributed by atoms with Crippen molar-refractivity contribution in [1.29, 1.82) is 0 Å². The molecule has 37 heavy (non-hydrogen) atoms. The van der Waals surface area contributed by atoms with Crippen LogP contribution in [0.25, 0.3) is 65.9 Å². The molecule has 0 spiro atoms. The summed E-state index contributed by atoms with van der Waals surface area (Å²) in [6.45, 7) is -10.6. The molecule has 0 aliphatic heterocycles. The van der Waals surface area contributed by atoms with Crippen molar-refractivity contribution in [3.63, 3.8) is 0 Å². The van der Waals surface area contributed by atoms with Gasteiger partial charge in [0.2, 0.25) is 0 Å². The van der Waals surface area contributed by atoms with Gasteiger partial charge in [-0.1, -0.05) is 66.2 Å². The van der Waals surface area contributed by atoms with Crippen LogP contribution < -0.4 is 0 Å². The second-order valence-corrected chi connectivity index (χ2v) is 9.20. The molecule has 0 saturated carbocycles. The van der Waals surface area contributed by atoms with E-state index in [1.807, 2.05) is 48.5 Å². The number of nitrogens with zero attached hydrogens (tertiary/aromatic N) is 1. The third-order valence-corrected chi connectivity index (χ3v) is 6.97. The van der Waals surface area contributed by atoms with E-state index in [4.69, 9.17) is 20.9 Å². The van der Waals surface area contributed by atoms with Crippen LogP contribution >= 0.6 is 0 Å². The summed E-state index contributed by atoms with van der Waals surface area (Å²) in [5, 5.41) is 4.77. The van der Waals surface area contributed by atoms with E-state index < -0.39 is 27.4 Å². The first-order chi connectivity index (χ1) is 22.8. The molecule has 0 aliphatic rings. The SMILES string of the molecule is [2H]C([2H])([2H])c1ccc(-c2cc(-c3ccc(C([2H])([2H])[2H])c4c3oc3cc5c(ccc6ccccc65)cc34)ncc2C([2H])([2H])[2H])c(C([2H])([2H])[2H])c1. The lowest BCUT2D eigenvalue weighted by Crippen LogP contribution is -1.93. The summed E-state index contributed by atoms with van der Waals surface area (Å²) in [5.74, 6) is 0. The predicted molar refractivity (Wildman–Crippen MR) is 156 cm³/mol. The van der Waals surface area contributed by atoms with Crippen LogP contribution in [0.1, 0.15) is 38.7 Å². The molecular weight excluding hydrogens is 450 g/mol. The minimum Gasteiger partial charge on any atom is -0.455 e. The largest absolute Gasteiger partial charge is 0.455 e. The predicted octanol–water partition coefficient (Wildman–Crippen LogP) is 9.86. The van der Waals surface area contributed by atoms with Gasteiger partial charge in [-0.25, -0.2) is 0 Å². The maximum atomic E-state index is 8.32. The van der Waals surface area contributed by atoms with E-state index in [9.17, 15) is 0 Å². The first kappa shape index (κ1) is 12.7. The normalized spacial score (nSPS) is 17.9. The third kappa shape index (κ3) is 3.37. The van der Waals surface area contributed by atoms with Gasteiger partial charge in [-0.05, 0) is 101 Å². The molecule has 5 aromatic carbocycles. The number of aromatic nitrogens is 1. The zero-order valence-electron chi connectivity index (χ0n) is 31.5. The molecule has 7 aromatic rings. The third-order valence-electron chi connectivity index (χ3n) is 6.97. The highest BCUT2D eigenvalue weighted by Gasteiger charge is 2.18. The molecule has 2 aromatic heterocycles. The zero-order chi connectivity index (χ0) is 35.3. The molecule has 0 saturated heterocycles. The van der Waals surface area contributed by atoms with E-state index in [-0.39, 0.29) is 44.7 Å². The van der Waals surface area contributed by atoms with Crippen molar-refractivity contribution in [1.82, 2.24) is 4.98 Å². The number of benzene rings is 5. The topological polar surface area (TPSA) is 26.0 Å². The smallest absolute Gasteiger partial charge is 0.145 e. The lowest BCUT2D eigenvalue weighted by molar-refractivity contribution is 0.670. The summed E-state index contributed by atoms with van der Waals surface area (Å²) in [5.41, 5.74) is 0.576. The molecular formula is C35H27NO. The van der Waals surface area contributed by atoms with Crippen molar-refractivity contribution in [3.05, 3.63) is 113 Å². The summed E-state index contributed by atoms with van der Waals surface area (Å²) in [7, 11) is 0. The Morgan fingerprint density at radius 3 is 2.38 bits per heavy atom. The Labute approximate surface area is 233 Å². The summed E-state index contributed by atoms with van der Waals surface area (Å²) in [4.78, 5) is 4.47. The Kier molecular flexibility index (Phi) is 2.76. The molecule has 0 fully saturated rings. The van der Waals surface area contributed by atoms with Gasteiger partial charge in [-0.2, -0.15) is 0 Å². The van der Waals surface area contributed by atoms with Crippen LogP contribution in [0.4, 0.5) is 0 Å². The van der Waals surface area contributed by atoms with Crippen molar-refractivity contribution in [2.24, 2.45) is 0 Å². The summed E-state index contributed by atoms with van der Waals surface area (Å²) in [6.07, 6.45) is 1.14. The van der Waals surface area contributed by atoms with Gasteiger partial charge in [0, 0.05) is 39.0 Å². The molecule has 178 valence electrons. The van der Waals surface area contributed by atoms with E-state index in [1.165, 1.54) is 24.3 Å². The number of hydrogen-bond acceptors (Lipinski definition) is 2. The van der Waals surface area contributed by atoms with Crippen molar-refractivity contribution >= 4 is 43.5 Å². The van der Waals surface area contributed by atoms with Gasteiger partial charge in [0.05, 0.1) is 5.69 Å². The van der Waals surface area contributed by atoms with Crippen molar-refractivity contribution in [2.75, 3.05) is 0 Å². The number of hydrogen-bond donors (Lipinski definition) is 0. The lowest BCUT2D eigenvalue weighted by Gasteiger charge is -2.12. The van der Waals surface area contributed by atoms with Crippen LogP contribution in [0.2, 0.25) is 0 Å². The average molecular weight is 490 g/mol. The fraction of sp³-hybridized carbons (Fsp3) is 0.114. The fourth-order valence-electron chi connectivity index (χ4n) is 5.19. The first-order valence-electron chi connectivity index (χ1n) is 17.8. The molecule has 2 nitrogen and oxygen atoms in total. The summed E-state index contributed by atoms with van der Waals surface area (Å²) < 4.78 is 104. The molecule has 0 atom stereocenters. The molecule has 7 rings (SSSR count). The van der Waals surface area contributed by atoms with Crippen LogP contribution in [0.3, 0.4) is 0 Å². The van der Waals surface area contributed by atoms with E-state index in [1.54, 1.807) is 6.07 Å². The molecule has 0 bridgehead atoms. The Morgan fingerprint density at radius 2 is 1.49 bits per heavy atom. The van der Waals surface area contributed by atoms with Gasteiger partial charge in [0.25, 0.3) is 0 Å². The monoisotopic (exact) mass is 489 g/mol. The van der Waals surface area contributed by atoms with Crippen LogP contribution in [0, 0.1) is 27.4 Å². The highest BCUT2D eigenvalue weighted by atomic mass is 16.3. The highest BCUT2D eigenvalue weighted by molar-refractivity contribution is 6.18. The maximum Gasteiger partial charge on any atom is 0.145 e. The van der Waals surface area contributed by atoms with Crippen molar-refractivity contribution < 1.29 is 20.9 Å². The van der Waals surface area contributed by atoms with Crippen LogP contribution in [-0.4, -0.2) is 4.98 Å². The second-order valence-electron chi connectivity index (χ2n) is 9.20. The number of fused-ring (bicyclic) bond motifs is 6. The Hall–Kier alpha value is -4.43. The number of pyridine rings is 1. The van der Waals surface area contributed by atoms with Gasteiger partial charge in [0.15, 0.2) is 0 Å². The summed E-state index contributed by atoms with van der Waals surface area (Å²) >= 11 is 0. The lowest BCUT2D eigenvalue weighted by atomic mass is 9.94. The maximum absolute atomic E-state index is 8.32. The number of furan rings is 1.